The molecule has 0 aliphatic carbocycles. The van der Waals surface area contributed by atoms with E-state index in [9.17, 15) is 4.79 Å². The van der Waals surface area contributed by atoms with Crippen LogP contribution in [0.1, 0.15) is 5.56 Å². The number of nitrogens with one attached hydrogen (secondary N) is 1. The minimum absolute atomic E-state index is 0.411. The number of benzene rings is 1. The number of primary amides is 1. The fourth-order valence-electron chi connectivity index (χ4n) is 1.43. The van der Waals surface area contributed by atoms with Gasteiger partial charge in [0.25, 0.3) is 0 Å². The highest BCUT2D eigenvalue weighted by Crippen LogP contribution is 2.25. The fourth-order valence-corrected chi connectivity index (χ4v) is 1.43. The molecule has 70 valence electrons. The Labute approximate surface area is 81.9 Å². The summed E-state index contributed by atoms with van der Waals surface area (Å²) in [4.78, 5) is 11.2. The number of amides is 1. The number of hydrogen-bond donors (Lipinski definition) is 2. The van der Waals surface area contributed by atoms with E-state index in [0.717, 1.165) is 11.3 Å². The number of carbonyl (C=O) groups is 1. The van der Waals surface area contributed by atoms with Crippen molar-refractivity contribution in [3.63, 3.8) is 0 Å². The van der Waals surface area contributed by atoms with Crippen molar-refractivity contribution in [3.05, 3.63) is 48.2 Å². The van der Waals surface area contributed by atoms with Crippen LogP contribution in [0.15, 0.2) is 42.6 Å². The second kappa shape index (κ2) is 3.38. The number of hydrogen-bond acceptors (Lipinski definition) is 2. The van der Waals surface area contributed by atoms with Gasteiger partial charge in [-0.15, -0.1) is 0 Å². The van der Waals surface area contributed by atoms with E-state index in [1.54, 1.807) is 18.4 Å². The molecule has 1 aliphatic heterocycles. The van der Waals surface area contributed by atoms with Gasteiger partial charge in [0.15, 0.2) is 0 Å². The standard InChI is InChI=1S/C11H10N2O/c12-11(14)9-5-3-7-13-10-6-2-1-4-8(9)10/h1-7,13H,(H2,12,14). The molecule has 1 aromatic rings. The zero-order valence-electron chi connectivity index (χ0n) is 7.53. The van der Waals surface area contributed by atoms with Crippen LogP contribution in [-0.2, 0) is 4.79 Å². The molecular weight excluding hydrogens is 176 g/mol. The van der Waals surface area contributed by atoms with Crippen LogP contribution in [0.25, 0.3) is 5.57 Å². The maximum atomic E-state index is 11.2. The predicted molar refractivity (Wildman–Crippen MR) is 56.4 cm³/mol. The van der Waals surface area contributed by atoms with Crippen LogP contribution in [0.3, 0.4) is 0 Å². The molecule has 0 fully saturated rings. The predicted octanol–water partition coefficient (Wildman–Crippen LogP) is 1.49. The van der Waals surface area contributed by atoms with Crippen LogP contribution >= 0.6 is 0 Å². The Hall–Kier alpha value is -2.03. The largest absolute Gasteiger partial charge is 0.366 e. The highest BCUT2D eigenvalue weighted by atomic mass is 16.1. The van der Waals surface area contributed by atoms with Crippen molar-refractivity contribution in [2.75, 3.05) is 5.32 Å². The molecule has 0 bridgehead atoms. The van der Waals surface area contributed by atoms with E-state index < -0.39 is 5.91 Å². The third kappa shape index (κ3) is 1.40. The van der Waals surface area contributed by atoms with Crippen LogP contribution in [0.4, 0.5) is 5.69 Å². The summed E-state index contributed by atoms with van der Waals surface area (Å²) in [6, 6.07) is 7.56. The molecule has 3 N–H and O–H groups in total. The van der Waals surface area contributed by atoms with E-state index in [4.69, 9.17) is 5.73 Å². The first-order valence-corrected chi connectivity index (χ1v) is 4.31. The maximum absolute atomic E-state index is 11.2. The lowest BCUT2D eigenvalue weighted by Gasteiger charge is -2.07. The van der Waals surface area contributed by atoms with E-state index in [1.165, 1.54) is 0 Å². The average molecular weight is 186 g/mol. The van der Waals surface area contributed by atoms with Gasteiger partial charge in [-0.05, 0) is 18.2 Å². The summed E-state index contributed by atoms with van der Waals surface area (Å²) in [7, 11) is 0. The lowest BCUT2D eigenvalue weighted by atomic mass is 10.0. The third-order valence-corrected chi connectivity index (χ3v) is 2.08. The van der Waals surface area contributed by atoms with Crippen molar-refractivity contribution < 1.29 is 4.79 Å². The zero-order valence-corrected chi connectivity index (χ0v) is 7.53. The third-order valence-electron chi connectivity index (χ3n) is 2.08. The van der Waals surface area contributed by atoms with Gasteiger partial charge in [0, 0.05) is 23.0 Å². The van der Waals surface area contributed by atoms with E-state index in [-0.39, 0.29) is 0 Å². The highest BCUT2D eigenvalue weighted by molar-refractivity contribution is 6.20. The van der Waals surface area contributed by atoms with Gasteiger partial charge in [-0.2, -0.15) is 0 Å². The second-order valence-corrected chi connectivity index (χ2v) is 2.99. The van der Waals surface area contributed by atoms with Gasteiger partial charge in [-0.1, -0.05) is 18.2 Å². The van der Waals surface area contributed by atoms with Crippen molar-refractivity contribution in [3.8, 4) is 0 Å². The van der Waals surface area contributed by atoms with Gasteiger partial charge < -0.3 is 11.1 Å². The summed E-state index contributed by atoms with van der Waals surface area (Å²) in [6.45, 7) is 0. The molecule has 1 aromatic carbocycles. The zero-order chi connectivity index (χ0) is 9.97. The minimum atomic E-state index is -0.411. The summed E-state index contributed by atoms with van der Waals surface area (Å²) < 4.78 is 0. The smallest absolute Gasteiger partial charge is 0.249 e. The fraction of sp³-hybridized carbons (Fsp3) is 0. The van der Waals surface area contributed by atoms with Crippen molar-refractivity contribution in [1.29, 1.82) is 0 Å². The van der Waals surface area contributed by atoms with Gasteiger partial charge >= 0.3 is 0 Å². The first kappa shape index (κ1) is 8.56. The van der Waals surface area contributed by atoms with Gasteiger partial charge in [-0.25, -0.2) is 0 Å². The van der Waals surface area contributed by atoms with Crippen molar-refractivity contribution in [2.24, 2.45) is 5.73 Å². The van der Waals surface area contributed by atoms with E-state index in [0.29, 0.717) is 5.57 Å². The first-order valence-electron chi connectivity index (χ1n) is 4.31. The molecule has 1 amide bonds. The Morgan fingerprint density at radius 3 is 2.86 bits per heavy atom. The number of carbonyl (C=O) groups excluding carboxylic acids is 1. The van der Waals surface area contributed by atoms with Gasteiger partial charge in [0.2, 0.25) is 5.91 Å². The van der Waals surface area contributed by atoms with Crippen LogP contribution in [0.5, 0.6) is 0 Å². The monoisotopic (exact) mass is 186 g/mol. The van der Waals surface area contributed by atoms with Crippen molar-refractivity contribution >= 4 is 17.2 Å². The average Bonchev–Trinajstić information content (AvgIpc) is 2.39. The molecule has 0 saturated heterocycles. The summed E-state index contributed by atoms with van der Waals surface area (Å²) >= 11 is 0. The van der Waals surface area contributed by atoms with Crippen LogP contribution in [0, 0.1) is 0 Å². The van der Waals surface area contributed by atoms with Gasteiger partial charge in [-0.3, -0.25) is 4.79 Å². The SMILES string of the molecule is NC(=O)C1=CC=CNc2ccccc21. The molecule has 3 heteroatoms. The molecule has 0 unspecified atom stereocenters. The molecule has 0 aromatic heterocycles. The Kier molecular flexibility index (Phi) is 2.07. The summed E-state index contributed by atoms with van der Waals surface area (Å²) in [5.74, 6) is -0.411. The number of anilines is 1. The molecule has 14 heavy (non-hydrogen) atoms. The Bertz CT molecular complexity index is 433. The first-order chi connectivity index (χ1) is 6.79. The quantitative estimate of drug-likeness (QED) is 0.698. The highest BCUT2D eigenvalue weighted by Gasteiger charge is 2.12. The molecule has 3 nitrogen and oxygen atoms in total. The van der Waals surface area contributed by atoms with Gasteiger partial charge in [0.1, 0.15) is 0 Å². The van der Waals surface area contributed by atoms with Crippen LogP contribution in [-0.4, -0.2) is 5.91 Å². The number of nitrogens with two attached hydrogens (primary N) is 1. The number of allylic oxidation sites excluding steroid dienone is 2. The summed E-state index contributed by atoms with van der Waals surface area (Å²) in [6.07, 6.45) is 5.25. The minimum Gasteiger partial charge on any atom is -0.366 e. The van der Waals surface area contributed by atoms with Crippen molar-refractivity contribution in [2.45, 2.75) is 0 Å². The van der Waals surface area contributed by atoms with E-state index >= 15 is 0 Å². The number of fused-ring (bicyclic) bond motifs is 1. The van der Waals surface area contributed by atoms with Crippen LogP contribution in [0.2, 0.25) is 0 Å². The summed E-state index contributed by atoms with van der Waals surface area (Å²) in [5.41, 5.74) is 7.54. The number of rotatable bonds is 1. The second-order valence-electron chi connectivity index (χ2n) is 2.99. The number of para-hydroxylation sites is 1. The van der Waals surface area contributed by atoms with E-state index in [1.807, 2.05) is 24.3 Å². The molecule has 2 rings (SSSR count). The normalized spacial score (nSPS) is 13.6. The molecular formula is C11H10N2O. The Morgan fingerprint density at radius 2 is 2.07 bits per heavy atom. The van der Waals surface area contributed by atoms with Gasteiger partial charge in [0.05, 0.1) is 0 Å². The topological polar surface area (TPSA) is 55.1 Å². The molecule has 1 aliphatic rings. The van der Waals surface area contributed by atoms with Crippen molar-refractivity contribution in [1.82, 2.24) is 0 Å². The van der Waals surface area contributed by atoms with Crippen LogP contribution < -0.4 is 11.1 Å². The lowest BCUT2D eigenvalue weighted by Crippen LogP contribution is -2.13. The lowest BCUT2D eigenvalue weighted by molar-refractivity contribution is -0.112. The molecule has 0 saturated carbocycles. The summed E-state index contributed by atoms with van der Waals surface area (Å²) in [5, 5.41) is 3.07. The molecule has 1 heterocycles. The van der Waals surface area contributed by atoms with E-state index in [2.05, 4.69) is 5.32 Å². The Morgan fingerprint density at radius 1 is 1.29 bits per heavy atom. The molecule has 0 atom stereocenters. The molecule has 0 radical (unpaired) electrons. The Balaban J connectivity index is 2.59. The maximum Gasteiger partial charge on any atom is 0.249 e. The molecule has 0 spiro atoms.